The molecule has 0 aromatic heterocycles. The monoisotopic (exact) mass is 1460 g/mol. The minimum Gasteiger partial charge on any atom is -0.484 e. The Morgan fingerprint density at radius 1 is 0.211 bits per heavy atom. The molecule has 0 radical (unpaired) electrons. The number of anilines is 6. The minimum absolute atomic E-state index is 0.0463. The molecule has 0 saturated carbocycles. The van der Waals surface area contributed by atoms with Crippen LogP contribution in [0.25, 0.3) is 127 Å². The Morgan fingerprint density at radius 2 is 0.570 bits per heavy atom. The number of nitrogens with zero attached hydrogens (tertiary/aromatic N) is 2. The van der Waals surface area contributed by atoms with E-state index in [2.05, 4.69) is 447 Å². The van der Waals surface area contributed by atoms with Crippen molar-refractivity contribution in [1.29, 1.82) is 0 Å². The summed E-state index contributed by atoms with van der Waals surface area (Å²) in [5.41, 5.74) is 31.3. The van der Waals surface area contributed by atoms with Crippen LogP contribution in [0.2, 0.25) is 0 Å². The third-order valence-electron chi connectivity index (χ3n) is 23.4. The molecule has 538 valence electrons. The van der Waals surface area contributed by atoms with Crippen LogP contribution in [-0.2, 0) is 0 Å². The van der Waals surface area contributed by atoms with Crippen LogP contribution in [-0.4, -0.2) is 12.2 Å². The van der Waals surface area contributed by atoms with Crippen molar-refractivity contribution in [2.45, 2.75) is 24.0 Å². The number of rotatable bonds is 16. The van der Waals surface area contributed by atoms with E-state index in [1.54, 1.807) is 0 Å². The molecule has 4 heteroatoms. The summed E-state index contributed by atoms with van der Waals surface area (Å²) < 4.78 is 14.6. The first-order valence-electron chi connectivity index (χ1n) is 39.5. The van der Waals surface area contributed by atoms with Gasteiger partial charge in [-0.05, 0) is 202 Å². The molecular formula is C110H76N2O2. The van der Waals surface area contributed by atoms with E-state index >= 15 is 0 Å². The summed E-state index contributed by atoms with van der Waals surface area (Å²) in [4.78, 5) is 4.83. The summed E-state index contributed by atoms with van der Waals surface area (Å²) in [6, 6.07) is 144. The van der Waals surface area contributed by atoms with Gasteiger partial charge < -0.3 is 19.3 Å². The van der Waals surface area contributed by atoms with E-state index in [0.717, 1.165) is 140 Å². The molecule has 2 aliphatic heterocycles. The second kappa shape index (κ2) is 29.0. The van der Waals surface area contributed by atoms with Crippen molar-refractivity contribution in [3.8, 4) is 112 Å². The molecule has 2 heterocycles. The number of para-hydroxylation sites is 4. The topological polar surface area (TPSA) is 24.9 Å². The molecule has 17 aromatic carbocycles. The second-order valence-corrected chi connectivity index (χ2v) is 30.1. The first-order valence-corrected chi connectivity index (χ1v) is 39.5. The fourth-order valence-corrected chi connectivity index (χ4v) is 17.6. The molecule has 0 fully saturated rings. The smallest absolute Gasteiger partial charge is 0.135 e. The van der Waals surface area contributed by atoms with Crippen LogP contribution >= 0.6 is 0 Å². The first kappa shape index (κ1) is 67.5. The van der Waals surface area contributed by atoms with Gasteiger partial charge in [-0.1, -0.05) is 340 Å². The standard InChI is InChI=1S/C110H76N2O2/c1-3-21-73(22-4-1)77-43-47-79(48-44-77)81-55-61-92(62-56-81)111(105-40-14-11-31-97(105)100-35-19-37-102-99-33-13-16-42-107(99)113-109(100)102)93-65-59-83(60-66-93)89-69-90(88-54-52-76-26-8-10-28-85(76)68-88)71-91(70-89)96-34-18-38-103-104-39-20-36-101(110(104)114-108(96)103)98-32-12-15-41-106(98)112(95-30-17-29-86(72-95)87-53-51-75-25-7-9-27-84(75)67-87)94-63-57-82(58-64-94)80-49-45-78(46-50-80)74-23-5-2-6-24-74/h1-72,99,103,107-108H. The van der Waals surface area contributed by atoms with Crippen LogP contribution in [0.15, 0.2) is 437 Å². The molecular weight excluding hydrogens is 1380 g/mol. The predicted octanol–water partition coefficient (Wildman–Crippen LogP) is 29.4. The van der Waals surface area contributed by atoms with E-state index in [9.17, 15) is 0 Å². The number of hydrogen-bond acceptors (Lipinski definition) is 4. The summed E-state index contributed by atoms with van der Waals surface area (Å²) >= 11 is 0. The van der Waals surface area contributed by atoms with Gasteiger partial charge in [0.2, 0.25) is 0 Å². The molecule has 4 unspecified atom stereocenters. The van der Waals surface area contributed by atoms with Gasteiger partial charge in [0.1, 0.15) is 23.7 Å². The van der Waals surface area contributed by atoms with Gasteiger partial charge in [0.05, 0.1) is 11.4 Å². The Bertz CT molecular complexity index is 6660. The summed E-state index contributed by atoms with van der Waals surface area (Å²) in [5.74, 6) is 1.95. The minimum atomic E-state index is -0.314. The van der Waals surface area contributed by atoms with Crippen LogP contribution in [0.1, 0.15) is 28.5 Å². The third-order valence-corrected chi connectivity index (χ3v) is 23.4. The highest BCUT2D eigenvalue weighted by Gasteiger charge is 2.40. The van der Waals surface area contributed by atoms with Gasteiger partial charge in [0, 0.05) is 73.5 Å². The molecule has 0 bridgehead atoms. The van der Waals surface area contributed by atoms with Crippen molar-refractivity contribution in [2.24, 2.45) is 0 Å². The molecule has 4 nitrogen and oxygen atoms in total. The quantitative estimate of drug-likeness (QED) is 0.0963. The van der Waals surface area contributed by atoms with Crippen molar-refractivity contribution < 1.29 is 9.47 Å². The number of benzene rings is 17. The second-order valence-electron chi connectivity index (χ2n) is 30.1. The lowest BCUT2D eigenvalue weighted by Crippen LogP contribution is -2.21. The van der Waals surface area contributed by atoms with E-state index in [0.29, 0.717) is 0 Å². The van der Waals surface area contributed by atoms with Crippen LogP contribution in [0, 0.1) is 0 Å². The summed E-state index contributed by atoms with van der Waals surface area (Å²) in [5, 5.41) is 4.83. The maximum absolute atomic E-state index is 7.69. The van der Waals surface area contributed by atoms with E-state index < -0.39 is 0 Å². The molecule has 0 N–H and O–H groups in total. The largest absolute Gasteiger partial charge is 0.484 e. The first-order chi connectivity index (χ1) is 56.5. The van der Waals surface area contributed by atoms with Crippen LogP contribution in [0.4, 0.5) is 34.1 Å². The van der Waals surface area contributed by atoms with Crippen molar-refractivity contribution in [3.05, 3.63) is 454 Å². The molecule has 21 rings (SSSR count). The van der Waals surface area contributed by atoms with Gasteiger partial charge in [-0.25, -0.2) is 0 Å². The molecule has 2 aliphatic carbocycles. The lowest BCUT2D eigenvalue weighted by Gasteiger charge is -2.29. The highest BCUT2D eigenvalue weighted by molar-refractivity contribution is 5.97. The van der Waals surface area contributed by atoms with Gasteiger partial charge in [-0.3, -0.25) is 0 Å². The number of hydrogen-bond donors (Lipinski definition) is 0. The zero-order valence-corrected chi connectivity index (χ0v) is 62.6. The lowest BCUT2D eigenvalue weighted by atomic mass is 9.82. The molecule has 0 spiro atoms. The Kier molecular flexibility index (Phi) is 17.2. The Labute approximate surface area is 665 Å². The Hall–Kier alpha value is -14.6. The fourth-order valence-electron chi connectivity index (χ4n) is 17.6. The number of ether oxygens (including phenoxy) is 2. The van der Waals surface area contributed by atoms with Gasteiger partial charge in [-0.2, -0.15) is 0 Å². The van der Waals surface area contributed by atoms with Crippen molar-refractivity contribution in [3.63, 3.8) is 0 Å². The van der Waals surface area contributed by atoms with Gasteiger partial charge in [0.25, 0.3) is 0 Å². The van der Waals surface area contributed by atoms with Crippen molar-refractivity contribution in [1.82, 2.24) is 0 Å². The molecule has 17 aromatic rings. The fraction of sp³-hybridized carbons (Fsp3) is 0.0364. The Balaban J connectivity index is 0.646. The number of allylic oxidation sites excluding steroid dienone is 4. The highest BCUT2D eigenvalue weighted by Crippen LogP contribution is 2.55. The summed E-state index contributed by atoms with van der Waals surface area (Å²) in [6.07, 6.45) is 15.2. The van der Waals surface area contributed by atoms with Gasteiger partial charge >= 0.3 is 0 Å². The van der Waals surface area contributed by atoms with E-state index in [1.165, 1.54) is 49.4 Å². The van der Waals surface area contributed by atoms with Crippen LogP contribution in [0.3, 0.4) is 0 Å². The maximum atomic E-state index is 7.69. The average Bonchev–Trinajstić information content (AvgIpc) is 1.45. The van der Waals surface area contributed by atoms with Crippen LogP contribution < -0.4 is 19.3 Å². The number of fused-ring (bicyclic) bond motifs is 8. The molecule has 4 atom stereocenters. The van der Waals surface area contributed by atoms with Crippen molar-refractivity contribution in [2.75, 3.05) is 9.80 Å². The van der Waals surface area contributed by atoms with Crippen molar-refractivity contribution >= 4 is 61.2 Å². The van der Waals surface area contributed by atoms with Gasteiger partial charge in [0.15, 0.2) is 0 Å². The normalized spacial score (nSPS) is 15.5. The summed E-state index contributed by atoms with van der Waals surface area (Å²) in [6.45, 7) is 0. The molecule has 0 amide bonds. The highest BCUT2D eigenvalue weighted by atomic mass is 16.5. The Morgan fingerprint density at radius 3 is 1.11 bits per heavy atom. The summed E-state index contributed by atoms with van der Waals surface area (Å²) in [7, 11) is 0. The molecule has 114 heavy (non-hydrogen) atoms. The average molecular weight is 1460 g/mol. The van der Waals surface area contributed by atoms with E-state index in [1.807, 2.05) is 0 Å². The SMILES string of the molecule is C1=CC2Oc3c(-c4ccccc4N(c4ccc(-c5ccc(-c6ccccc6)cc5)cc4)c4ccc(-c5cc(C6=CC=CC7c8cccc(-c9ccccc9N(c9ccc(-c%10ccc(-c%11ccccc%11)cc%10)cc9)c9cccc(-c%10ccc%11ccccc%11c%10)c9)c8OC67)cc(-c6ccc7ccccc7c6)c5)cc4)cccc3C2C=C1. The predicted molar refractivity (Wildman–Crippen MR) is 476 cm³/mol. The van der Waals surface area contributed by atoms with Crippen LogP contribution in [0.5, 0.6) is 11.5 Å². The van der Waals surface area contributed by atoms with E-state index in [4.69, 9.17) is 9.47 Å². The third kappa shape index (κ3) is 12.6. The maximum Gasteiger partial charge on any atom is 0.135 e. The van der Waals surface area contributed by atoms with E-state index in [-0.39, 0.29) is 24.0 Å². The molecule has 0 saturated heterocycles. The zero-order valence-electron chi connectivity index (χ0n) is 62.6. The molecule has 4 aliphatic rings. The lowest BCUT2D eigenvalue weighted by molar-refractivity contribution is 0.270. The van der Waals surface area contributed by atoms with Gasteiger partial charge in [-0.15, -0.1) is 0 Å². The zero-order chi connectivity index (χ0) is 75.4.